The van der Waals surface area contributed by atoms with Gasteiger partial charge in [-0.3, -0.25) is 14.1 Å². The van der Waals surface area contributed by atoms with Crippen LogP contribution in [0.15, 0.2) is 18.2 Å². The van der Waals surface area contributed by atoms with Gasteiger partial charge < -0.3 is 19.9 Å². The number of esters is 2. The second kappa shape index (κ2) is 37.7. The minimum atomic E-state index is -3.67. The molecule has 1 aromatic carbocycles. The third-order valence-electron chi connectivity index (χ3n) is 10.6. The number of carbonyl (C=O) groups excluding carboxylic acids is 2. The molecule has 346 valence electrons. The summed E-state index contributed by atoms with van der Waals surface area (Å²) >= 11 is 0. The number of rotatable bonds is 37. The van der Waals surface area contributed by atoms with Crippen molar-refractivity contribution in [1.82, 2.24) is 5.32 Å². The lowest BCUT2D eigenvalue weighted by atomic mass is 10.0. The molecule has 1 aromatic rings. The van der Waals surface area contributed by atoms with Crippen LogP contribution >= 0.6 is 0 Å². The number of hydrogen-bond acceptors (Lipinski definition) is 8. The van der Waals surface area contributed by atoms with E-state index in [1.54, 1.807) is 18.2 Å². The normalized spacial score (nSPS) is 12.2. The summed E-state index contributed by atoms with van der Waals surface area (Å²) in [6, 6.07) is 5.04. The summed E-state index contributed by atoms with van der Waals surface area (Å²) < 4.78 is 37.4. The highest BCUT2D eigenvalue weighted by Gasteiger charge is 2.19. The number of carbonyl (C=O) groups is 2. The van der Waals surface area contributed by atoms with E-state index in [2.05, 4.69) is 19.2 Å². The van der Waals surface area contributed by atoms with Crippen molar-refractivity contribution in [2.24, 2.45) is 0 Å². The zero-order chi connectivity index (χ0) is 44.0. The van der Waals surface area contributed by atoms with Crippen molar-refractivity contribution in [1.29, 1.82) is 0 Å². The minimum absolute atomic E-state index is 0.147. The lowest BCUT2D eigenvalue weighted by Crippen LogP contribution is -2.38. The van der Waals surface area contributed by atoms with Gasteiger partial charge in [-0.05, 0) is 51.3 Å². The molecule has 0 spiro atoms. The lowest BCUT2D eigenvalue weighted by molar-refractivity contribution is -0.137. The summed E-state index contributed by atoms with van der Waals surface area (Å²) in [5.41, 5.74) is 0.468. The number of unbranched alkanes of at least 4 members (excludes halogenated alkanes) is 28. The Labute approximate surface area is 363 Å². The molecule has 1 atom stereocenters. The SMILES string of the molecule is CCCCCCCCCCCCCCCCCC(=O)Oc1ccc(C(O)CNC(C)(C)C)cc1OC(=O)CCCCCCCCCCCCCCCCC.CS(=O)(=O)O. The third kappa shape index (κ3) is 41.1. The highest BCUT2D eigenvalue weighted by Crippen LogP contribution is 2.32. The summed E-state index contributed by atoms with van der Waals surface area (Å²) in [6.45, 7) is 11.0. The van der Waals surface area contributed by atoms with Crippen molar-refractivity contribution in [3.63, 3.8) is 0 Å². The van der Waals surface area contributed by atoms with Gasteiger partial charge in [-0.25, -0.2) is 0 Å². The Morgan fingerprint density at radius 2 is 0.847 bits per heavy atom. The van der Waals surface area contributed by atoms with Crippen LogP contribution in [0.5, 0.6) is 11.5 Å². The van der Waals surface area contributed by atoms with Crippen LogP contribution in [0.4, 0.5) is 0 Å². The van der Waals surface area contributed by atoms with Crippen LogP contribution in [0.3, 0.4) is 0 Å². The van der Waals surface area contributed by atoms with Crippen molar-refractivity contribution in [2.45, 2.75) is 252 Å². The zero-order valence-corrected chi connectivity index (χ0v) is 39.7. The number of β-amino-alcohol motifs (C(OH)–C–C–N with tert-alkyl or cyclic N) is 1. The van der Waals surface area contributed by atoms with Crippen molar-refractivity contribution in [3.05, 3.63) is 23.8 Å². The van der Waals surface area contributed by atoms with Crippen LogP contribution in [0.1, 0.15) is 252 Å². The smallest absolute Gasteiger partial charge is 0.311 e. The Morgan fingerprint density at radius 3 is 1.15 bits per heavy atom. The molecule has 3 N–H and O–H groups in total. The van der Waals surface area contributed by atoms with Crippen LogP contribution < -0.4 is 14.8 Å². The predicted molar refractivity (Wildman–Crippen MR) is 247 cm³/mol. The molecule has 1 rings (SSSR count). The van der Waals surface area contributed by atoms with Gasteiger partial charge in [-0.15, -0.1) is 0 Å². The van der Waals surface area contributed by atoms with Gasteiger partial charge in [0.05, 0.1) is 12.4 Å². The van der Waals surface area contributed by atoms with E-state index in [0.717, 1.165) is 38.5 Å². The van der Waals surface area contributed by atoms with Gasteiger partial charge in [0.2, 0.25) is 0 Å². The van der Waals surface area contributed by atoms with Crippen molar-refractivity contribution in [3.8, 4) is 11.5 Å². The first-order valence-electron chi connectivity index (χ1n) is 24.1. The molecule has 59 heavy (non-hydrogen) atoms. The van der Waals surface area contributed by atoms with Gasteiger partial charge in [0.15, 0.2) is 11.5 Å². The highest BCUT2D eigenvalue weighted by molar-refractivity contribution is 7.85. The van der Waals surface area contributed by atoms with Gasteiger partial charge in [0.1, 0.15) is 0 Å². The second-order valence-electron chi connectivity index (χ2n) is 17.9. The Kier molecular flexibility index (Phi) is 36.4. The molecule has 0 aliphatic carbocycles. The fraction of sp³-hybridized carbons (Fsp3) is 0.837. The van der Waals surface area contributed by atoms with E-state index in [-0.39, 0.29) is 29.0 Å². The van der Waals surface area contributed by atoms with Gasteiger partial charge >= 0.3 is 11.9 Å². The molecule has 0 saturated heterocycles. The van der Waals surface area contributed by atoms with Crippen LogP contribution in [0.2, 0.25) is 0 Å². The van der Waals surface area contributed by atoms with E-state index >= 15 is 0 Å². The number of aliphatic hydroxyl groups excluding tert-OH is 1. The molecule has 0 saturated carbocycles. The summed E-state index contributed by atoms with van der Waals surface area (Å²) in [5.74, 6) is -0.195. The standard InChI is InChI=1S/C48H87NO5.CH4O3S/c1-6-8-10-12-14-16-18-20-22-24-26-28-30-32-34-36-46(51)53-44-39-38-42(43(50)41-49-48(3,4)5)40-45(44)54-47(52)37-35-33-31-29-27-25-23-21-19-17-15-13-11-9-7-2;1-5(2,3)4/h38-40,43,49-50H,6-37,41H2,1-5H3;1H3,(H,2,3,4). The Hall–Kier alpha value is -2.01. The van der Waals surface area contributed by atoms with E-state index in [0.29, 0.717) is 31.2 Å². The predicted octanol–water partition coefficient (Wildman–Crippen LogP) is 13.9. The maximum Gasteiger partial charge on any atom is 0.311 e. The molecular weight excluding hydrogens is 763 g/mol. The summed E-state index contributed by atoms with van der Waals surface area (Å²) in [5, 5.41) is 14.2. The quantitative estimate of drug-likeness (QED) is 0.0258. The topological polar surface area (TPSA) is 139 Å². The number of aliphatic hydroxyl groups is 1. The molecule has 0 amide bonds. The van der Waals surface area contributed by atoms with E-state index in [1.165, 1.54) is 154 Å². The van der Waals surface area contributed by atoms with E-state index in [1.807, 2.05) is 20.8 Å². The molecule has 9 nitrogen and oxygen atoms in total. The van der Waals surface area contributed by atoms with Crippen LogP contribution in [0, 0.1) is 0 Å². The largest absolute Gasteiger partial charge is 0.423 e. The third-order valence-corrected chi connectivity index (χ3v) is 10.6. The van der Waals surface area contributed by atoms with Crippen molar-refractivity contribution in [2.75, 3.05) is 12.8 Å². The maximum absolute atomic E-state index is 12.9. The Balaban J connectivity index is 0.00000631. The first-order valence-corrected chi connectivity index (χ1v) is 25.9. The Morgan fingerprint density at radius 1 is 0.559 bits per heavy atom. The first kappa shape index (κ1) is 57.0. The Bertz CT molecular complexity index is 1250. The molecule has 0 radical (unpaired) electrons. The molecule has 0 bridgehead atoms. The number of hydrogen-bond donors (Lipinski definition) is 3. The summed E-state index contributed by atoms with van der Waals surface area (Å²) in [7, 11) is -3.67. The van der Waals surface area contributed by atoms with Crippen LogP contribution in [-0.4, -0.2) is 48.4 Å². The number of benzene rings is 1. The average molecular weight is 854 g/mol. The molecule has 0 heterocycles. The highest BCUT2D eigenvalue weighted by atomic mass is 32.2. The fourth-order valence-electron chi connectivity index (χ4n) is 7.05. The first-order chi connectivity index (χ1) is 28.2. The number of ether oxygens (including phenoxy) is 2. The van der Waals surface area contributed by atoms with Crippen molar-refractivity contribution >= 4 is 22.1 Å². The fourth-order valence-corrected chi connectivity index (χ4v) is 7.05. The molecule has 0 aliphatic rings. The lowest BCUT2D eigenvalue weighted by Gasteiger charge is -2.23. The molecule has 10 heteroatoms. The molecule has 0 aliphatic heterocycles. The molecular formula is C49H91NO8S. The van der Waals surface area contributed by atoms with Crippen LogP contribution in [0.25, 0.3) is 0 Å². The van der Waals surface area contributed by atoms with E-state index in [4.69, 9.17) is 14.0 Å². The van der Waals surface area contributed by atoms with Gasteiger partial charge in [-0.1, -0.05) is 200 Å². The maximum atomic E-state index is 12.9. The molecule has 0 aromatic heterocycles. The minimum Gasteiger partial charge on any atom is -0.423 e. The van der Waals surface area contributed by atoms with E-state index in [9.17, 15) is 23.1 Å². The summed E-state index contributed by atoms with van der Waals surface area (Å²) in [4.78, 5) is 25.7. The van der Waals surface area contributed by atoms with Crippen LogP contribution in [-0.2, 0) is 19.7 Å². The summed E-state index contributed by atoms with van der Waals surface area (Å²) in [6.07, 6.45) is 38.8. The van der Waals surface area contributed by atoms with Gasteiger partial charge in [0, 0.05) is 24.9 Å². The molecule has 1 unspecified atom stereocenters. The second-order valence-corrected chi connectivity index (χ2v) is 19.4. The van der Waals surface area contributed by atoms with Gasteiger partial charge in [-0.2, -0.15) is 8.42 Å². The van der Waals surface area contributed by atoms with Gasteiger partial charge in [0.25, 0.3) is 10.1 Å². The molecule has 0 fully saturated rings. The number of nitrogens with one attached hydrogen (secondary N) is 1. The average Bonchev–Trinajstić information content (AvgIpc) is 3.16. The van der Waals surface area contributed by atoms with Crippen molar-refractivity contribution < 1.29 is 37.1 Å². The monoisotopic (exact) mass is 854 g/mol. The zero-order valence-electron chi connectivity index (χ0n) is 38.9. The van der Waals surface area contributed by atoms with E-state index < -0.39 is 16.2 Å².